The van der Waals surface area contributed by atoms with Gasteiger partial charge in [-0.05, 0) is 18.9 Å². The van der Waals surface area contributed by atoms with Gasteiger partial charge in [0.15, 0.2) is 11.8 Å². The maximum Gasteiger partial charge on any atom is 0.194 e. The van der Waals surface area contributed by atoms with Crippen LogP contribution < -0.4 is 5.32 Å². The summed E-state index contributed by atoms with van der Waals surface area (Å²) in [5, 5.41) is 11.9. The summed E-state index contributed by atoms with van der Waals surface area (Å²) in [7, 11) is 2.01. The summed E-state index contributed by atoms with van der Waals surface area (Å²) < 4.78 is 2.19. The van der Waals surface area contributed by atoms with Gasteiger partial charge in [-0.1, -0.05) is 30.3 Å². The Kier molecular flexibility index (Phi) is 5.36. The van der Waals surface area contributed by atoms with Gasteiger partial charge in [-0.15, -0.1) is 10.2 Å². The number of imidazole rings is 1. The molecule has 0 aliphatic carbocycles. The van der Waals surface area contributed by atoms with Crippen molar-refractivity contribution < 1.29 is 0 Å². The topological polar surface area (TPSA) is 87.0 Å². The zero-order valence-corrected chi connectivity index (χ0v) is 16.4. The summed E-state index contributed by atoms with van der Waals surface area (Å²) >= 11 is 0. The Morgan fingerprint density at radius 3 is 2.96 bits per heavy atom. The number of aryl methyl sites for hydroxylation is 1. The zero-order chi connectivity index (χ0) is 19.3. The minimum Gasteiger partial charge on any atom is -0.357 e. The number of benzene rings is 1. The lowest BCUT2D eigenvalue weighted by Crippen LogP contribution is -2.38. The molecule has 2 N–H and O–H groups in total. The SMILES string of the molecule is CCNC(=NCc1nnc2n1CCC2)N(C)Cc1ncc(-c2ccccc2)[nH]1. The van der Waals surface area contributed by atoms with Crippen LogP contribution in [-0.2, 0) is 26.1 Å². The van der Waals surface area contributed by atoms with E-state index in [1.54, 1.807) is 0 Å². The highest BCUT2D eigenvalue weighted by Gasteiger charge is 2.17. The Morgan fingerprint density at radius 2 is 2.14 bits per heavy atom. The molecule has 8 nitrogen and oxygen atoms in total. The van der Waals surface area contributed by atoms with E-state index in [1.807, 2.05) is 31.4 Å². The monoisotopic (exact) mass is 378 g/mol. The van der Waals surface area contributed by atoms with Crippen molar-refractivity contribution >= 4 is 5.96 Å². The van der Waals surface area contributed by atoms with Gasteiger partial charge < -0.3 is 19.8 Å². The van der Waals surface area contributed by atoms with Gasteiger partial charge in [0, 0.05) is 26.6 Å². The first-order chi connectivity index (χ1) is 13.7. The molecule has 0 saturated heterocycles. The van der Waals surface area contributed by atoms with Gasteiger partial charge >= 0.3 is 0 Å². The van der Waals surface area contributed by atoms with E-state index in [0.29, 0.717) is 13.1 Å². The Balaban J connectivity index is 1.45. The first kappa shape index (κ1) is 18.2. The molecule has 0 spiro atoms. The number of hydrogen-bond acceptors (Lipinski definition) is 4. The summed E-state index contributed by atoms with van der Waals surface area (Å²) in [5.74, 6) is 3.74. The lowest BCUT2D eigenvalue weighted by molar-refractivity contribution is 0.463. The van der Waals surface area contributed by atoms with E-state index in [1.165, 1.54) is 0 Å². The summed E-state index contributed by atoms with van der Waals surface area (Å²) in [5.41, 5.74) is 2.15. The largest absolute Gasteiger partial charge is 0.357 e. The van der Waals surface area contributed by atoms with Crippen molar-refractivity contribution in [2.45, 2.75) is 39.4 Å². The molecule has 1 aliphatic heterocycles. The van der Waals surface area contributed by atoms with Gasteiger partial charge in [-0.3, -0.25) is 0 Å². The fourth-order valence-electron chi connectivity index (χ4n) is 3.45. The highest BCUT2D eigenvalue weighted by atomic mass is 15.3. The van der Waals surface area contributed by atoms with E-state index >= 15 is 0 Å². The van der Waals surface area contributed by atoms with E-state index in [4.69, 9.17) is 4.99 Å². The van der Waals surface area contributed by atoms with E-state index in [9.17, 15) is 0 Å². The third kappa shape index (κ3) is 3.90. The lowest BCUT2D eigenvalue weighted by atomic mass is 10.2. The summed E-state index contributed by atoms with van der Waals surface area (Å²) in [6.07, 6.45) is 4.03. The van der Waals surface area contributed by atoms with Gasteiger partial charge in [0.05, 0.1) is 18.4 Å². The van der Waals surface area contributed by atoms with Crippen LogP contribution >= 0.6 is 0 Å². The number of aromatic nitrogens is 5. The second kappa shape index (κ2) is 8.24. The number of fused-ring (bicyclic) bond motifs is 1. The van der Waals surface area contributed by atoms with Crippen LogP contribution in [0.3, 0.4) is 0 Å². The number of nitrogens with one attached hydrogen (secondary N) is 2. The van der Waals surface area contributed by atoms with Gasteiger partial charge in [-0.2, -0.15) is 0 Å². The number of aliphatic imine (C=N–C) groups is 1. The summed E-state index contributed by atoms with van der Waals surface area (Å²) in [6, 6.07) is 10.2. The van der Waals surface area contributed by atoms with Crippen LogP contribution in [-0.4, -0.2) is 49.2 Å². The molecule has 1 aliphatic rings. The zero-order valence-electron chi connectivity index (χ0n) is 16.4. The summed E-state index contributed by atoms with van der Waals surface area (Å²) in [6.45, 7) is 5.02. The normalized spacial score (nSPS) is 13.6. The van der Waals surface area contributed by atoms with E-state index < -0.39 is 0 Å². The molecule has 8 heteroatoms. The maximum absolute atomic E-state index is 4.76. The molecule has 0 radical (unpaired) electrons. The average Bonchev–Trinajstić information content (AvgIpc) is 3.44. The molecule has 0 fully saturated rings. The Bertz CT molecular complexity index is 940. The maximum atomic E-state index is 4.76. The Hall–Kier alpha value is -3.16. The van der Waals surface area contributed by atoms with Crippen LogP contribution in [0.4, 0.5) is 0 Å². The Labute approximate surface area is 164 Å². The highest BCUT2D eigenvalue weighted by molar-refractivity contribution is 5.79. The van der Waals surface area contributed by atoms with Crippen molar-refractivity contribution in [3.63, 3.8) is 0 Å². The fourth-order valence-corrected chi connectivity index (χ4v) is 3.45. The second-order valence-corrected chi connectivity index (χ2v) is 6.92. The molecule has 0 unspecified atom stereocenters. The van der Waals surface area contributed by atoms with Crippen molar-refractivity contribution in [3.8, 4) is 11.3 Å². The molecule has 0 bridgehead atoms. The predicted octanol–water partition coefficient (Wildman–Crippen LogP) is 2.21. The van der Waals surface area contributed by atoms with Gasteiger partial charge in [0.25, 0.3) is 0 Å². The van der Waals surface area contributed by atoms with Crippen molar-refractivity contribution in [3.05, 3.63) is 54.0 Å². The minimum absolute atomic E-state index is 0.521. The van der Waals surface area contributed by atoms with Crippen LogP contribution in [0.2, 0.25) is 0 Å². The van der Waals surface area contributed by atoms with Gasteiger partial charge in [-0.25, -0.2) is 9.98 Å². The molecule has 0 amide bonds. The molecule has 146 valence electrons. The molecular formula is C20H26N8. The van der Waals surface area contributed by atoms with Crippen molar-refractivity contribution in [2.24, 2.45) is 4.99 Å². The van der Waals surface area contributed by atoms with E-state index in [0.717, 1.165) is 60.6 Å². The fraction of sp³-hybridized carbons (Fsp3) is 0.400. The smallest absolute Gasteiger partial charge is 0.194 e. The molecule has 3 aromatic rings. The first-order valence-electron chi connectivity index (χ1n) is 9.74. The highest BCUT2D eigenvalue weighted by Crippen LogP contribution is 2.17. The number of guanidine groups is 1. The van der Waals surface area contributed by atoms with Crippen LogP contribution in [0, 0.1) is 0 Å². The van der Waals surface area contributed by atoms with Crippen LogP contribution in [0.25, 0.3) is 11.3 Å². The van der Waals surface area contributed by atoms with Crippen molar-refractivity contribution in [1.29, 1.82) is 0 Å². The molecule has 1 aromatic carbocycles. The number of aromatic amines is 1. The second-order valence-electron chi connectivity index (χ2n) is 6.92. The van der Waals surface area contributed by atoms with E-state index in [2.05, 4.69) is 54.0 Å². The van der Waals surface area contributed by atoms with Gasteiger partial charge in [0.2, 0.25) is 0 Å². The Morgan fingerprint density at radius 1 is 1.29 bits per heavy atom. The first-order valence-corrected chi connectivity index (χ1v) is 9.74. The number of hydrogen-bond donors (Lipinski definition) is 2. The number of nitrogens with zero attached hydrogens (tertiary/aromatic N) is 6. The molecule has 4 rings (SSSR count). The molecule has 3 heterocycles. The van der Waals surface area contributed by atoms with Gasteiger partial charge in [0.1, 0.15) is 18.2 Å². The van der Waals surface area contributed by atoms with E-state index in [-0.39, 0.29) is 0 Å². The molecule has 0 saturated carbocycles. The third-order valence-corrected chi connectivity index (χ3v) is 4.85. The molecule has 2 aromatic heterocycles. The minimum atomic E-state index is 0.521. The van der Waals surface area contributed by atoms with Crippen LogP contribution in [0.5, 0.6) is 0 Å². The number of rotatable bonds is 6. The molecular weight excluding hydrogens is 352 g/mol. The predicted molar refractivity (Wildman–Crippen MR) is 109 cm³/mol. The van der Waals surface area contributed by atoms with Crippen LogP contribution in [0.15, 0.2) is 41.5 Å². The quantitative estimate of drug-likeness (QED) is 0.507. The summed E-state index contributed by atoms with van der Waals surface area (Å²) in [4.78, 5) is 14.8. The van der Waals surface area contributed by atoms with Crippen molar-refractivity contribution in [1.82, 2.24) is 34.9 Å². The average molecular weight is 378 g/mol. The third-order valence-electron chi connectivity index (χ3n) is 4.85. The lowest BCUT2D eigenvalue weighted by Gasteiger charge is -2.21. The van der Waals surface area contributed by atoms with Crippen LogP contribution in [0.1, 0.15) is 30.8 Å². The molecule has 0 atom stereocenters. The number of H-pyrrole nitrogens is 1. The standard InChI is InChI=1S/C20H26N8/c1-3-21-20(23-13-19-26-25-18-10-7-11-28(18)19)27(2)14-17-22-12-16(24-17)15-8-5-4-6-9-15/h4-6,8-9,12H,3,7,10-11,13-14H2,1-2H3,(H,21,23)(H,22,24). The molecule has 28 heavy (non-hydrogen) atoms. The van der Waals surface area contributed by atoms with Crippen molar-refractivity contribution in [2.75, 3.05) is 13.6 Å².